The van der Waals surface area contributed by atoms with Gasteiger partial charge in [-0.2, -0.15) is 13.2 Å². The zero-order valence-electron chi connectivity index (χ0n) is 11.5. The Hall–Kier alpha value is -2.25. The van der Waals surface area contributed by atoms with Gasteiger partial charge in [0.25, 0.3) is 0 Å². The third-order valence-corrected chi connectivity index (χ3v) is 3.01. The first-order valence-corrected chi connectivity index (χ1v) is 6.16. The minimum absolute atomic E-state index is 0.00196. The molecule has 1 amide bonds. The Morgan fingerprint density at radius 2 is 2.10 bits per heavy atom. The highest BCUT2D eigenvalue weighted by molar-refractivity contribution is 6.07. The molecule has 0 aromatic heterocycles. The highest BCUT2D eigenvalue weighted by Crippen LogP contribution is 2.33. The first-order chi connectivity index (χ1) is 9.70. The average molecular weight is 303 g/mol. The van der Waals surface area contributed by atoms with E-state index in [1.54, 1.807) is 6.92 Å². The molecule has 1 atom stereocenters. The van der Waals surface area contributed by atoms with E-state index in [4.69, 9.17) is 10.9 Å². The van der Waals surface area contributed by atoms with Crippen LogP contribution in [0.3, 0.4) is 0 Å². The molecule has 8 heteroatoms. The summed E-state index contributed by atoms with van der Waals surface area (Å²) in [6.45, 7) is 2.97. The highest BCUT2D eigenvalue weighted by Gasteiger charge is 2.32. The van der Waals surface area contributed by atoms with Crippen LogP contribution in [0.5, 0.6) is 0 Å². The summed E-state index contributed by atoms with van der Waals surface area (Å²) in [7, 11) is 0. The van der Waals surface area contributed by atoms with Crippen molar-refractivity contribution in [1.29, 1.82) is 0 Å². The molecular weight excluding hydrogens is 287 g/mol. The van der Waals surface area contributed by atoms with E-state index in [1.807, 2.05) is 0 Å². The topological polar surface area (TPSA) is 87.7 Å². The van der Waals surface area contributed by atoms with E-state index in [0.29, 0.717) is 0 Å². The maximum Gasteiger partial charge on any atom is 0.416 e. The van der Waals surface area contributed by atoms with Crippen LogP contribution in [0.2, 0.25) is 0 Å². The van der Waals surface area contributed by atoms with Crippen LogP contribution in [0.1, 0.15) is 24.5 Å². The lowest BCUT2D eigenvalue weighted by Crippen LogP contribution is -2.34. The molecule has 0 aliphatic carbocycles. The van der Waals surface area contributed by atoms with Crippen LogP contribution >= 0.6 is 0 Å². The fourth-order valence-corrected chi connectivity index (χ4v) is 1.83. The van der Waals surface area contributed by atoms with Crippen LogP contribution in [-0.2, 0) is 11.0 Å². The Bertz CT molecular complexity index is 556. The first-order valence-electron chi connectivity index (χ1n) is 6.16. The third-order valence-electron chi connectivity index (χ3n) is 3.01. The molecule has 0 bridgehead atoms. The molecule has 116 valence electrons. The number of rotatable bonds is 4. The Kier molecular flexibility index (Phi) is 5.17. The predicted molar refractivity (Wildman–Crippen MR) is 72.0 cm³/mol. The minimum Gasteiger partial charge on any atom is -0.409 e. The van der Waals surface area contributed by atoms with Crippen molar-refractivity contribution in [2.75, 3.05) is 5.32 Å². The fraction of sp³-hybridized carbons (Fsp3) is 0.385. The number of hydrogen-bond acceptors (Lipinski definition) is 3. The van der Waals surface area contributed by atoms with Gasteiger partial charge in [-0.1, -0.05) is 18.1 Å². The zero-order chi connectivity index (χ0) is 16.2. The Balaban J connectivity index is 3.01. The Labute approximate surface area is 119 Å². The number of nitrogens with one attached hydrogen (secondary N) is 1. The standard InChI is InChI=1S/C13H16F3N3O2/c1-3-9(11(17)19-21)12(20)18-8-5-4-7(2)10(6-8)13(14,15)16/h4-6,9,21H,3H2,1-2H3,(H2,17,19)(H,18,20). The molecule has 4 N–H and O–H groups in total. The second-order valence-corrected chi connectivity index (χ2v) is 4.50. The van der Waals surface area contributed by atoms with Crippen molar-refractivity contribution in [3.05, 3.63) is 29.3 Å². The van der Waals surface area contributed by atoms with Crippen LogP contribution in [0.4, 0.5) is 18.9 Å². The lowest BCUT2D eigenvalue weighted by atomic mass is 10.0. The van der Waals surface area contributed by atoms with Crippen molar-refractivity contribution in [3.63, 3.8) is 0 Å². The van der Waals surface area contributed by atoms with Gasteiger partial charge in [0.15, 0.2) is 5.84 Å². The SMILES string of the molecule is CCC(C(=O)Nc1ccc(C)c(C(F)(F)F)c1)C(N)=NO. The number of aryl methyl sites for hydroxylation is 1. The first kappa shape index (κ1) is 16.8. The number of anilines is 1. The van der Waals surface area contributed by atoms with E-state index in [2.05, 4.69) is 10.5 Å². The molecule has 1 aromatic carbocycles. The van der Waals surface area contributed by atoms with Gasteiger partial charge in [0.2, 0.25) is 5.91 Å². The van der Waals surface area contributed by atoms with E-state index in [1.165, 1.54) is 19.1 Å². The molecule has 1 aromatic rings. The largest absolute Gasteiger partial charge is 0.416 e. The molecule has 0 aliphatic rings. The molecule has 5 nitrogen and oxygen atoms in total. The summed E-state index contributed by atoms with van der Waals surface area (Å²) in [6, 6.07) is 3.48. The van der Waals surface area contributed by atoms with Gasteiger partial charge in [-0.25, -0.2) is 0 Å². The second kappa shape index (κ2) is 6.47. The number of amidine groups is 1. The number of carbonyl (C=O) groups excluding carboxylic acids is 1. The summed E-state index contributed by atoms with van der Waals surface area (Å²) in [4.78, 5) is 11.9. The Morgan fingerprint density at radius 3 is 2.57 bits per heavy atom. The summed E-state index contributed by atoms with van der Waals surface area (Å²) >= 11 is 0. The predicted octanol–water partition coefficient (Wildman–Crippen LogP) is 2.72. The fourth-order valence-electron chi connectivity index (χ4n) is 1.83. The number of oxime groups is 1. The van der Waals surface area contributed by atoms with E-state index in [9.17, 15) is 18.0 Å². The van der Waals surface area contributed by atoms with Crippen LogP contribution < -0.4 is 11.1 Å². The summed E-state index contributed by atoms with van der Waals surface area (Å²) in [5.74, 6) is -1.84. The monoisotopic (exact) mass is 303 g/mol. The van der Waals surface area contributed by atoms with Gasteiger partial charge < -0.3 is 16.3 Å². The van der Waals surface area contributed by atoms with Crippen LogP contribution in [-0.4, -0.2) is 17.0 Å². The number of alkyl halides is 3. The second-order valence-electron chi connectivity index (χ2n) is 4.50. The van der Waals surface area contributed by atoms with Gasteiger partial charge >= 0.3 is 6.18 Å². The van der Waals surface area contributed by atoms with E-state index < -0.39 is 23.6 Å². The van der Waals surface area contributed by atoms with Crippen molar-refractivity contribution in [1.82, 2.24) is 0 Å². The number of halogens is 3. The van der Waals surface area contributed by atoms with E-state index >= 15 is 0 Å². The summed E-state index contributed by atoms with van der Waals surface area (Å²) < 4.78 is 38.4. The smallest absolute Gasteiger partial charge is 0.409 e. The van der Waals surface area contributed by atoms with E-state index in [-0.39, 0.29) is 23.5 Å². The summed E-state index contributed by atoms with van der Waals surface area (Å²) in [5.41, 5.74) is 4.60. The lowest BCUT2D eigenvalue weighted by molar-refractivity contribution is -0.138. The third kappa shape index (κ3) is 4.11. The van der Waals surface area contributed by atoms with E-state index in [0.717, 1.165) is 6.07 Å². The Morgan fingerprint density at radius 1 is 1.48 bits per heavy atom. The molecular formula is C13H16F3N3O2. The van der Waals surface area contributed by atoms with Crippen molar-refractivity contribution < 1.29 is 23.2 Å². The quantitative estimate of drug-likeness (QED) is 0.346. The van der Waals surface area contributed by atoms with Crippen molar-refractivity contribution in [2.45, 2.75) is 26.4 Å². The zero-order valence-corrected chi connectivity index (χ0v) is 11.5. The van der Waals surface area contributed by atoms with Gasteiger partial charge in [-0.3, -0.25) is 4.79 Å². The molecule has 1 unspecified atom stereocenters. The molecule has 0 fully saturated rings. The van der Waals surface area contributed by atoms with Gasteiger partial charge in [-0.15, -0.1) is 0 Å². The number of nitrogens with two attached hydrogens (primary N) is 1. The summed E-state index contributed by atoms with van der Waals surface area (Å²) in [6.07, 6.45) is -4.25. The maximum atomic E-state index is 12.8. The molecule has 0 aliphatic heterocycles. The van der Waals surface area contributed by atoms with Gasteiger partial charge in [0, 0.05) is 5.69 Å². The number of hydrogen-bond donors (Lipinski definition) is 3. The molecule has 0 saturated carbocycles. The maximum absolute atomic E-state index is 12.8. The minimum atomic E-state index is -4.50. The van der Waals surface area contributed by atoms with Crippen LogP contribution in [0.25, 0.3) is 0 Å². The van der Waals surface area contributed by atoms with Crippen LogP contribution in [0.15, 0.2) is 23.4 Å². The highest BCUT2D eigenvalue weighted by atomic mass is 19.4. The molecule has 0 radical (unpaired) electrons. The normalized spacial score (nSPS) is 13.9. The van der Waals surface area contributed by atoms with Gasteiger partial charge in [0.05, 0.1) is 11.5 Å². The van der Waals surface area contributed by atoms with Gasteiger partial charge in [0.1, 0.15) is 0 Å². The molecule has 1 rings (SSSR count). The number of amides is 1. The molecule has 21 heavy (non-hydrogen) atoms. The average Bonchev–Trinajstić information content (AvgIpc) is 2.40. The molecule has 0 heterocycles. The summed E-state index contributed by atoms with van der Waals surface area (Å²) in [5, 5.41) is 13.7. The number of benzene rings is 1. The van der Waals surface area contributed by atoms with Crippen molar-refractivity contribution >= 4 is 17.4 Å². The molecule has 0 saturated heterocycles. The molecule has 0 spiro atoms. The van der Waals surface area contributed by atoms with Gasteiger partial charge in [-0.05, 0) is 31.0 Å². The lowest BCUT2D eigenvalue weighted by Gasteiger charge is -2.16. The number of nitrogens with zero attached hydrogens (tertiary/aromatic N) is 1. The van der Waals surface area contributed by atoms with Crippen molar-refractivity contribution in [2.24, 2.45) is 16.8 Å². The van der Waals surface area contributed by atoms with Crippen LogP contribution in [0, 0.1) is 12.8 Å². The van der Waals surface area contributed by atoms with Crippen molar-refractivity contribution in [3.8, 4) is 0 Å². The number of carbonyl (C=O) groups is 1.